The van der Waals surface area contributed by atoms with E-state index in [0.29, 0.717) is 5.69 Å². The second kappa shape index (κ2) is 5.70. The molecule has 0 saturated carbocycles. The van der Waals surface area contributed by atoms with Crippen LogP contribution in [0.25, 0.3) is 0 Å². The highest BCUT2D eigenvalue weighted by Gasteiger charge is 2.15. The number of aliphatic hydroxyl groups is 1. The predicted molar refractivity (Wildman–Crippen MR) is 63.4 cm³/mol. The highest BCUT2D eigenvalue weighted by molar-refractivity contribution is 5.93. The van der Waals surface area contributed by atoms with Gasteiger partial charge in [-0.15, -0.1) is 0 Å². The second-order valence-electron chi connectivity index (χ2n) is 4.16. The van der Waals surface area contributed by atoms with E-state index in [9.17, 15) is 4.79 Å². The molecular weight excluding hydrogens is 204 g/mol. The highest BCUT2D eigenvalue weighted by atomic mass is 16.3. The lowest BCUT2D eigenvalue weighted by atomic mass is 10.2. The van der Waals surface area contributed by atoms with Gasteiger partial charge in [0.15, 0.2) is 0 Å². The number of carbonyl (C=O) groups is 1. The van der Waals surface area contributed by atoms with Gasteiger partial charge in [0, 0.05) is 12.2 Å². The Bertz CT molecular complexity index is 341. The van der Waals surface area contributed by atoms with Crippen LogP contribution in [0, 0.1) is 0 Å². The Hall–Kier alpha value is -1.29. The van der Waals surface area contributed by atoms with Crippen molar-refractivity contribution < 1.29 is 9.90 Å². The molecule has 0 aliphatic rings. The van der Waals surface area contributed by atoms with Crippen molar-refractivity contribution in [3.8, 4) is 0 Å². The van der Waals surface area contributed by atoms with E-state index in [-0.39, 0.29) is 24.6 Å². The van der Waals surface area contributed by atoms with E-state index in [0.717, 1.165) is 6.42 Å². The smallest absolute Gasteiger partial charge is 0.268 e. The fourth-order valence-corrected chi connectivity index (χ4v) is 1.57. The van der Waals surface area contributed by atoms with Crippen LogP contribution in [0.2, 0.25) is 0 Å². The molecule has 4 nitrogen and oxygen atoms in total. The summed E-state index contributed by atoms with van der Waals surface area (Å²) in [4.78, 5) is 11.9. The van der Waals surface area contributed by atoms with E-state index in [1.54, 1.807) is 6.07 Å². The summed E-state index contributed by atoms with van der Waals surface area (Å²) in [6.45, 7) is 5.97. The molecule has 90 valence electrons. The first-order valence-corrected chi connectivity index (χ1v) is 5.68. The van der Waals surface area contributed by atoms with Gasteiger partial charge in [0.2, 0.25) is 0 Å². The van der Waals surface area contributed by atoms with Crippen molar-refractivity contribution in [2.45, 2.75) is 39.3 Å². The zero-order valence-electron chi connectivity index (χ0n) is 10.1. The Morgan fingerprint density at radius 1 is 1.56 bits per heavy atom. The molecule has 0 radical (unpaired) electrons. The summed E-state index contributed by atoms with van der Waals surface area (Å²) < 4.78 is 1.92. The number of amides is 1. The Morgan fingerprint density at radius 2 is 2.25 bits per heavy atom. The van der Waals surface area contributed by atoms with Crippen molar-refractivity contribution in [1.82, 2.24) is 9.88 Å². The lowest BCUT2D eigenvalue weighted by molar-refractivity contribution is 0.0904. The van der Waals surface area contributed by atoms with Crippen molar-refractivity contribution in [2.75, 3.05) is 6.61 Å². The number of aromatic nitrogens is 1. The average Bonchev–Trinajstić information content (AvgIpc) is 2.74. The van der Waals surface area contributed by atoms with Gasteiger partial charge in [-0.05, 0) is 32.4 Å². The zero-order valence-corrected chi connectivity index (χ0v) is 10.1. The van der Waals surface area contributed by atoms with Gasteiger partial charge in [-0.2, -0.15) is 0 Å². The molecule has 1 atom stereocenters. The van der Waals surface area contributed by atoms with Crippen LogP contribution in [0.5, 0.6) is 0 Å². The fraction of sp³-hybridized carbons (Fsp3) is 0.583. The van der Waals surface area contributed by atoms with Gasteiger partial charge >= 0.3 is 0 Å². The summed E-state index contributed by atoms with van der Waals surface area (Å²) in [7, 11) is 0. The second-order valence-corrected chi connectivity index (χ2v) is 4.16. The minimum absolute atomic E-state index is 0.0232. The molecule has 16 heavy (non-hydrogen) atoms. The van der Waals surface area contributed by atoms with E-state index < -0.39 is 0 Å². The molecule has 2 N–H and O–H groups in total. The van der Waals surface area contributed by atoms with Gasteiger partial charge in [0.05, 0.1) is 12.6 Å². The number of hydrogen-bond donors (Lipinski definition) is 2. The maximum atomic E-state index is 11.9. The van der Waals surface area contributed by atoms with E-state index in [4.69, 9.17) is 5.11 Å². The van der Waals surface area contributed by atoms with Crippen molar-refractivity contribution in [1.29, 1.82) is 0 Å². The Labute approximate surface area is 96.3 Å². The van der Waals surface area contributed by atoms with E-state index >= 15 is 0 Å². The minimum atomic E-state index is -0.164. The quantitative estimate of drug-likeness (QED) is 0.797. The van der Waals surface area contributed by atoms with Crippen LogP contribution in [-0.2, 0) is 0 Å². The van der Waals surface area contributed by atoms with Crippen molar-refractivity contribution >= 4 is 5.91 Å². The molecule has 4 heteroatoms. The number of hydrogen-bond acceptors (Lipinski definition) is 2. The molecule has 0 aromatic carbocycles. The molecule has 0 aliphatic heterocycles. The predicted octanol–water partition coefficient (Wildman–Crippen LogP) is 1.57. The van der Waals surface area contributed by atoms with Crippen LogP contribution in [0.3, 0.4) is 0 Å². The number of nitrogens with zero attached hydrogens (tertiary/aromatic N) is 1. The molecule has 0 fully saturated rings. The first-order valence-electron chi connectivity index (χ1n) is 5.68. The number of aliphatic hydroxyl groups excluding tert-OH is 1. The first kappa shape index (κ1) is 12.8. The molecule has 1 amide bonds. The minimum Gasteiger partial charge on any atom is -0.394 e. The molecule has 1 heterocycles. The lowest BCUT2D eigenvalue weighted by Gasteiger charge is -2.16. The molecule has 0 saturated heterocycles. The standard InChI is InChI=1S/C12H20N2O2/c1-4-10(8-15)13-12(16)11-6-5-7-14(11)9(2)3/h5-7,9-10,15H,4,8H2,1-3H3,(H,13,16)/t10-/m0/s1. The number of rotatable bonds is 5. The van der Waals surface area contributed by atoms with Gasteiger partial charge in [-0.3, -0.25) is 4.79 Å². The molecular formula is C12H20N2O2. The third-order valence-corrected chi connectivity index (χ3v) is 2.62. The number of carbonyl (C=O) groups excluding carboxylic acids is 1. The summed E-state index contributed by atoms with van der Waals surface area (Å²) in [5.41, 5.74) is 0.641. The summed E-state index contributed by atoms with van der Waals surface area (Å²) in [6, 6.07) is 3.74. The van der Waals surface area contributed by atoms with Gasteiger partial charge in [0.25, 0.3) is 5.91 Å². The topological polar surface area (TPSA) is 54.3 Å². The zero-order chi connectivity index (χ0) is 12.1. The SMILES string of the molecule is CC[C@@H](CO)NC(=O)c1cccn1C(C)C. The van der Waals surface area contributed by atoms with Crippen LogP contribution in [0.4, 0.5) is 0 Å². The molecule has 0 unspecified atom stereocenters. The van der Waals surface area contributed by atoms with Crippen molar-refractivity contribution in [3.05, 3.63) is 24.0 Å². The first-order chi connectivity index (χ1) is 7.60. The summed E-state index contributed by atoms with van der Waals surface area (Å²) in [5, 5.41) is 11.8. The fourth-order valence-electron chi connectivity index (χ4n) is 1.57. The monoisotopic (exact) mass is 224 g/mol. The van der Waals surface area contributed by atoms with Crippen LogP contribution >= 0.6 is 0 Å². The van der Waals surface area contributed by atoms with E-state index in [2.05, 4.69) is 5.32 Å². The van der Waals surface area contributed by atoms with Crippen molar-refractivity contribution in [3.63, 3.8) is 0 Å². The Balaban J connectivity index is 2.76. The molecule has 1 rings (SSSR count). The molecule has 1 aromatic heterocycles. The summed E-state index contributed by atoms with van der Waals surface area (Å²) >= 11 is 0. The van der Waals surface area contributed by atoms with Gasteiger partial charge < -0.3 is 15.0 Å². The third-order valence-electron chi connectivity index (χ3n) is 2.62. The largest absolute Gasteiger partial charge is 0.394 e. The van der Waals surface area contributed by atoms with Gasteiger partial charge in [0.1, 0.15) is 5.69 Å². The number of nitrogens with one attached hydrogen (secondary N) is 1. The van der Waals surface area contributed by atoms with Crippen LogP contribution < -0.4 is 5.32 Å². The third kappa shape index (κ3) is 2.85. The average molecular weight is 224 g/mol. The molecule has 0 spiro atoms. The Morgan fingerprint density at radius 3 is 2.75 bits per heavy atom. The van der Waals surface area contributed by atoms with Crippen LogP contribution in [-0.4, -0.2) is 28.2 Å². The molecule has 0 aliphatic carbocycles. The van der Waals surface area contributed by atoms with Crippen molar-refractivity contribution in [2.24, 2.45) is 0 Å². The van der Waals surface area contributed by atoms with Gasteiger partial charge in [-0.1, -0.05) is 6.92 Å². The van der Waals surface area contributed by atoms with Crippen LogP contribution in [0.1, 0.15) is 43.7 Å². The van der Waals surface area contributed by atoms with E-state index in [1.807, 2.05) is 37.6 Å². The maximum Gasteiger partial charge on any atom is 0.268 e. The lowest BCUT2D eigenvalue weighted by Crippen LogP contribution is -2.38. The van der Waals surface area contributed by atoms with Gasteiger partial charge in [-0.25, -0.2) is 0 Å². The van der Waals surface area contributed by atoms with Crippen LogP contribution in [0.15, 0.2) is 18.3 Å². The molecule has 0 bridgehead atoms. The summed E-state index contributed by atoms with van der Waals surface area (Å²) in [5.74, 6) is -0.125. The summed E-state index contributed by atoms with van der Waals surface area (Å²) in [6.07, 6.45) is 2.62. The highest BCUT2D eigenvalue weighted by Crippen LogP contribution is 2.10. The maximum absolute atomic E-state index is 11.9. The normalized spacial score (nSPS) is 12.8. The molecule has 1 aromatic rings. The Kier molecular flexibility index (Phi) is 4.55. The van der Waals surface area contributed by atoms with E-state index in [1.165, 1.54) is 0 Å².